The van der Waals surface area contributed by atoms with E-state index < -0.39 is 17.0 Å². The minimum Gasteiger partial charge on any atom is -0.497 e. The van der Waals surface area contributed by atoms with Gasteiger partial charge in [-0.05, 0) is 30.5 Å². The van der Waals surface area contributed by atoms with Gasteiger partial charge < -0.3 is 20.1 Å². The molecule has 1 aliphatic heterocycles. The number of ketones is 1. The lowest BCUT2D eigenvalue weighted by Crippen LogP contribution is -2.40. The number of aryl methyl sites for hydroxylation is 1. The number of aromatic amines is 1. The quantitative estimate of drug-likeness (QED) is 0.451. The fourth-order valence-electron chi connectivity index (χ4n) is 4.12. The number of aromatic nitrogens is 2. The van der Waals surface area contributed by atoms with Crippen molar-refractivity contribution in [1.29, 1.82) is 0 Å². The predicted molar refractivity (Wildman–Crippen MR) is 131 cm³/mol. The molecule has 0 radical (unpaired) electrons. The van der Waals surface area contributed by atoms with E-state index in [1.807, 2.05) is 34.1 Å². The summed E-state index contributed by atoms with van der Waals surface area (Å²) < 4.78 is 11.3. The summed E-state index contributed by atoms with van der Waals surface area (Å²) in [4.78, 5) is 56.0. The Morgan fingerprint density at radius 3 is 2.49 bits per heavy atom. The maximum Gasteiger partial charge on any atom is 0.330 e. The smallest absolute Gasteiger partial charge is 0.330 e. The highest BCUT2D eigenvalue weighted by Gasteiger charge is 2.24. The molecule has 3 rings (SSSR count). The number of hydrogen-bond acceptors (Lipinski definition) is 8. The maximum atomic E-state index is 12.9. The van der Waals surface area contributed by atoms with Gasteiger partial charge in [0.05, 0.1) is 26.8 Å². The number of anilines is 1. The Labute approximate surface area is 203 Å². The number of nitrogen functional groups attached to an aromatic ring is 1. The molecule has 1 aliphatic rings. The Morgan fingerprint density at radius 1 is 1.06 bits per heavy atom. The zero-order chi connectivity index (χ0) is 25.4. The van der Waals surface area contributed by atoms with Gasteiger partial charge >= 0.3 is 5.69 Å². The van der Waals surface area contributed by atoms with E-state index in [1.54, 1.807) is 7.11 Å². The molecule has 1 fully saturated rings. The second kappa shape index (κ2) is 12.3. The molecule has 0 aliphatic carbocycles. The number of benzene rings is 1. The van der Waals surface area contributed by atoms with Gasteiger partial charge in [0, 0.05) is 39.7 Å². The highest BCUT2D eigenvalue weighted by molar-refractivity contribution is 6.01. The van der Waals surface area contributed by atoms with Crippen LogP contribution in [0.5, 0.6) is 5.75 Å². The van der Waals surface area contributed by atoms with Gasteiger partial charge in [-0.3, -0.25) is 28.8 Å². The molecule has 11 nitrogen and oxygen atoms in total. The highest BCUT2D eigenvalue weighted by Crippen LogP contribution is 2.14. The fourth-order valence-corrected chi connectivity index (χ4v) is 4.12. The number of nitrogens with one attached hydrogen (secondary N) is 1. The summed E-state index contributed by atoms with van der Waals surface area (Å²) >= 11 is 0. The zero-order valence-corrected chi connectivity index (χ0v) is 20.2. The van der Waals surface area contributed by atoms with Crippen LogP contribution < -0.4 is 21.7 Å². The average molecular weight is 488 g/mol. The van der Waals surface area contributed by atoms with Gasteiger partial charge in [-0.25, -0.2) is 4.79 Å². The third-order valence-corrected chi connectivity index (χ3v) is 6.13. The number of ether oxygens (including phenoxy) is 2. The number of nitrogens with two attached hydrogens (primary N) is 1. The molecular formula is C24H33N5O6. The molecular weight excluding hydrogens is 454 g/mol. The van der Waals surface area contributed by atoms with Gasteiger partial charge in [0.25, 0.3) is 5.56 Å². The predicted octanol–water partition coefficient (Wildman–Crippen LogP) is 0.124. The summed E-state index contributed by atoms with van der Waals surface area (Å²) in [7, 11) is 3.09. The van der Waals surface area contributed by atoms with Gasteiger partial charge in [-0.2, -0.15) is 0 Å². The van der Waals surface area contributed by atoms with E-state index in [2.05, 4.69) is 4.98 Å². The van der Waals surface area contributed by atoms with E-state index in [-0.39, 0.29) is 37.0 Å². The Bertz CT molecular complexity index is 1140. The molecule has 190 valence electrons. The first-order valence-corrected chi connectivity index (χ1v) is 11.6. The largest absolute Gasteiger partial charge is 0.497 e. The molecule has 1 amide bonds. The van der Waals surface area contributed by atoms with Crippen LogP contribution in [0.4, 0.5) is 5.82 Å². The number of methoxy groups -OCH3 is 2. The Balaban J connectivity index is 1.57. The van der Waals surface area contributed by atoms with Crippen LogP contribution in [0.25, 0.3) is 0 Å². The maximum absolute atomic E-state index is 12.9. The van der Waals surface area contributed by atoms with Crippen LogP contribution in [0.3, 0.4) is 0 Å². The molecule has 3 N–H and O–H groups in total. The lowest BCUT2D eigenvalue weighted by Gasteiger charge is -2.22. The van der Waals surface area contributed by atoms with Gasteiger partial charge in [0.15, 0.2) is 5.78 Å². The summed E-state index contributed by atoms with van der Waals surface area (Å²) in [5, 5.41) is 0. The van der Waals surface area contributed by atoms with E-state index in [9.17, 15) is 19.2 Å². The van der Waals surface area contributed by atoms with Crippen molar-refractivity contribution in [3.05, 3.63) is 56.2 Å². The van der Waals surface area contributed by atoms with E-state index in [4.69, 9.17) is 15.2 Å². The van der Waals surface area contributed by atoms with Gasteiger partial charge in [0.1, 0.15) is 17.1 Å². The second-order valence-corrected chi connectivity index (χ2v) is 8.45. The van der Waals surface area contributed by atoms with Crippen LogP contribution in [-0.2, 0) is 22.5 Å². The number of rotatable bonds is 10. The SMILES string of the molecule is COCCn1c(N)c(C(=O)CN2CCCN(C(=O)CCc3ccc(OC)cc3)CC2)c(=O)[nH]c1=O. The number of carbonyl (C=O) groups excluding carboxylic acids is 2. The molecule has 0 bridgehead atoms. The van der Waals surface area contributed by atoms with E-state index in [1.165, 1.54) is 7.11 Å². The van der Waals surface area contributed by atoms with Crippen molar-refractivity contribution < 1.29 is 19.1 Å². The first kappa shape index (κ1) is 26.2. The number of hydrogen-bond donors (Lipinski definition) is 2. The number of nitrogens with zero attached hydrogens (tertiary/aromatic N) is 3. The lowest BCUT2D eigenvalue weighted by atomic mass is 10.1. The highest BCUT2D eigenvalue weighted by atomic mass is 16.5. The molecule has 1 aromatic heterocycles. The minimum absolute atomic E-state index is 0.0242. The monoisotopic (exact) mass is 487 g/mol. The fraction of sp³-hybridized carbons (Fsp3) is 0.500. The Kier molecular flexibility index (Phi) is 9.21. The molecule has 11 heteroatoms. The number of carbonyl (C=O) groups is 2. The summed E-state index contributed by atoms with van der Waals surface area (Å²) in [6.07, 6.45) is 1.75. The molecule has 0 atom stereocenters. The standard InChI is InChI=1S/C24H33N5O6/c1-34-15-14-29-22(25)21(23(32)26-24(29)33)19(30)16-27-10-3-11-28(13-12-27)20(31)9-6-17-4-7-18(35-2)8-5-17/h4-5,7-8H,3,6,9-16,25H2,1-2H3,(H,26,32,33). The summed E-state index contributed by atoms with van der Waals surface area (Å²) in [5.41, 5.74) is 5.38. The van der Waals surface area contributed by atoms with Crippen LogP contribution in [-0.4, -0.2) is 84.6 Å². The first-order chi connectivity index (χ1) is 16.8. The molecule has 0 spiro atoms. The Hall–Kier alpha value is -3.44. The van der Waals surface area contributed by atoms with Crippen molar-refractivity contribution in [2.24, 2.45) is 0 Å². The number of amides is 1. The van der Waals surface area contributed by atoms with E-state index in [0.29, 0.717) is 45.4 Å². The van der Waals surface area contributed by atoms with Crippen LogP contribution in [0.1, 0.15) is 28.8 Å². The third kappa shape index (κ3) is 6.80. The normalized spacial score (nSPS) is 14.5. The van der Waals surface area contributed by atoms with Gasteiger partial charge in [0.2, 0.25) is 5.91 Å². The van der Waals surface area contributed by atoms with Gasteiger partial charge in [-0.15, -0.1) is 0 Å². The average Bonchev–Trinajstić information content (AvgIpc) is 3.08. The lowest BCUT2D eigenvalue weighted by molar-refractivity contribution is -0.131. The van der Waals surface area contributed by atoms with Crippen molar-refractivity contribution in [3.8, 4) is 5.75 Å². The van der Waals surface area contributed by atoms with E-state index in [0.717, 1.165) is 15.9 Å². The van der Waals surface area contributed by atoms with Crippen molar-refractivity contribution >= 4 is 17.5 Å². The molecule has 1 aromatic carbocycles. The number of H-pyrrole nitrogens is 1. The Morgan fingerprint density at radius 2 is 1.80 bits per heavy atom. The molecule has 0 saturated carbocycles. The second-order valence-electron chi connectivity index (χ2n) is 8.45. The molecule has 2 aromatic rings. The third-order valence-electron chi connectivity index (χ3n) is 6.13. The van der Waals surface area contributed by atoms with Crippen LogP contribution >= 0.6 is 0 Å². The van der Waals surface area contributed by atoms with Crippen molar-refractivity contribution in [3.63, 3.8) is 0 Å². The molecule has 0 unspecified atom stereocenters. The topological polar surface area (TPSA) is 140 Å². The van der Waals surface area contributed by atoms with Crippen LogP contribution in [0, 0.1) is 0 Å². The zero-order valence-electron chi connectivity index (χ0n) is 20.2. The van der Waals surface area contributed by atoms with Crippen molar-refractivity contribution in [2.45, 2.75) is 25.8 Å². The van der Waals surface area contributed by atoms with E-state index >= 15 is 0 Å². The number of Topliss-reactive ketones (excluding diaryl/α,β-unsaturated/α-hetero) is 1. The summed E-state index contributed by atoms with van der Waals surface area (Å²) in [6, 6.07) is 7.66. The molecule has 35 heavy (non-hydrogen) atoms. The summed E-state index contributed by atoms with van der Waals surface area (Å²) in [6.45, 7) is 2.51. The minimum atomic E-state index is -0.795. The van der Waals surface area contributed by atoms with Crippen LogP contribution in [0.2, 0.25) is 0 Å². The van der Waals surface area contributed by atoms with Crippen molar-refractivity contribution in [1.82, 2.24) is 19.4 Å². The first-order valence-electron chi connectivity index (χ1n) is 11.6. The van der Waals surface area contributed by atoms with Crippen LogP contribution in [0.15, 0.2) is 33.9 Å². The molecule has 1 saturated heterocycles. The van der Waals surface area contributed by atoms with Gasteiger partial charge in [-0.1, -0.05) is 12.1 Å². The van der Waals surface area contributed by atoms with Crippen molar-refractivity contribution in [2.75, 3.05) is 59.3 Å². The summed E-state index contributed by atoms with van der Waals surface area (Å²) in [5.74, 6) is 0.222. The molecule has 2 heterocycles.